The molecule has 1 aromatic rings. The van der Waals surface area contributed by atoms with Gasteiger partial charge in [0.05, 0.1) is 5.75 Å². The molecule has 0 bridgehead atoms. The lowest BCUT2D eigenvalue weighted by Crippen LogP contribution is -2.23. The smallest absolute Gasteiger partial charge is 0.234 e. The Labute approximate surface area is 111 Å². The van der Waals surface area contributed by atoms with E-state index in [0.717, 1.165) is 24.3 Å². The van der Waals surface area contributed by atoms with Crippen LogP contribution in [0.1, 0.15) is 12.8 Å². The molecule has 0 radical (unpaired) electrons. The molecule has 2 rings (SSSR count). The van der Waals surface area contributed by atoms with Crippen molar-refractivity contribution in [3.8, 4) is 0 Å². The molecule has 1 aromatic carbocycles. The number of anilines is 2. The SMILES string of the molecule is CSCC(=O)Nc1ccc(N2CCCC2=O)cc1. The number of thioether (sulfide) groups is 1. The summed E-state index contributed by atoms with van der Waals surface area (Å²) >= 11 is 1.49. The average Bonchev–Trinajstić information content (AvgIpc) is 2.77. The van der Waals surface area contributed by atoms with Crippen molar-refractivity contribution in [2.75, 3.05) is 28.8 Å². The van der Waals surface area contributed by atoms with Gasteiger partial charge in [-0.1, -0.05) is 0 Å². The van der Waals surface area contributed by atoms with E-state index in [1.807, 2.05) is 30.5 Å². The first kappa shape index (κ1) is 13.0. The van der Waals surface area contributed by atoms with Crippen LogP contribution in [0.3, 0.4) is 0 Å². The molecule has 1 saturated heterocycles. The lowest BCUT2D eigenvalue weighted by molar-refractivity contribution is -0.117. The molecule has 0 spiro atoms. The third-order valence-electron chi connectivity index (χ3n) is 2.81. The highest BCUT2D eigenvalue weighted by Crippen LogP contribution is 2.22. The van der Waals surface area contributed by atoms with Crippen LogP contribution in [0.4, 0.5) is 11.4 Å². The number of hydrogen-bond donors (Lipinski definition) is 1. The molecular formula is C13H16N2O2S. The highest BCUT2D eigenvalue weighted by atomic mass is 32.2. The first-order chi connectivity index (χ1) is 8.70. The fourth-order valence-corrected chi connectivity index (χ4v) is 2.31. The second-order valence-corrected chi connectivity index (χ2v) is 5.04. The Morgan fingerprint density at radius 3 is 2.67 bits per heavy atom. The number of nitrogens with zero attached hydrogens (tertiary/aromatic N) is 1. The topological polar surface area (TPSA) is 49.4 Å². The maximum atomic E-state index is 11.6. The summed E-state index contributed by atoms with van der Waals surface area (Å²) in [5.41, 5.74) is 1.67. The third kappa shape index (κ3) is 3.04. The van der Waals surface area contributed by atoms with Crippen molar-refractivity contribution in [1.82, 2.24) is 0 Å². The van der Waals surface area contributed by atoms with Gasteiger partial charge in [-0.15, -0.1) is 0 Å². The van der Waals surface area contributed by atoms with Crippen LogP contribution in [0, 0.1) is 0 Å². The molecule has 1 N–H and O–H groups in total. The summed E-state index contributed by atoms with van der Waals surface area (Å²) in [6.07, 6.45) is 3.44. The minimum atomic E-state index is -0.00695. The van der Waals surface area contributed by atoms with Crippen LogP contribution in [-0.2, 0) is 9.59 Å². The van der Waals surface area contributed by atoms with Crippen LogP contribution < -0.4 is 10.2 Å². The van der Waals surface area contributed by atoms with Crippen LogP contribution in [-0.4, -0.2) is 30.4 Å². The Morgan fingerprint density at radius 2 is 2.11 bits per heavy atom. The van der Waals surface area contributed by atoms with Crippen molar-refractivity contribution in [3.63, 3.8) is 0 Å². The molecule has 1 fully saturated rings. The largest absolute Gasteiger partial charge is 0.325 e. The lowest BCUT2D eigenvalue weighted by Gasteiger charge is -2.16. The summed E-state index contributed by atoms with van der Waals surface area (Å²) in [4.78, 5) is 24.8. The Bertz CT molecular complexity index is 445. The second-order valence-electron chi connectivity index (χ2n) is 4.18. The number of benzene rings is 1. The van der Waals surface area contributed by atoms with Gasteiger partial charge in [-0.3, -0.25) is 9.59 Å². The second kappa shape index (κ2) is 5.91. The van der Waals surface area contributed by atoms with Gasteiger partial charge in [0.15, 0.2) is 0 Å². The molecule has 0 saturated carbocycles. The Morgan fingerprint density at radius 1 is 1.39 bits per heavy atom. The monoisotopic (exact) mass is 264 g/mol. The molecule has 96 valence electrons. The quantitative estimate of drug-likeness (QED) is 0.906. The van der Waals surface area contributed by atoms with Crippen molar-refractivity contribution >= 4 is 35.0 Å². The Balaban J connectivity index is 2.01. The minimum Gasteiger partial charge on any atom is -0.325 e. The van der Waals surface area contributed by atoms with Crippen molar-refractivity contribution in [3.05, 3.63) is 24.3 Å². The van der Waals surface area contributed by atoms with Crippen LogP contribution in [0.2, 0.25) is 0 Å². The molecule has 0 aliphatic carbocycles. The number of nitrogens with one attached hydrogen (secondary N) is 1. The predicted molar refractivity (Wildman–Crippen MR) is 75.0 cm³/mol. The van der Waals surface area contributed by atoms with Gasteiger partial charge < -0.3 is 10.2 Å². The minimum absolute atomic E-state index is 0.00695. The lowest BCUT2D eigenvalue weighted by atomic mass is 10.2. The molecule has 5 heteroatoms. The van der Waals surface area contributed by atoms with Gasteiger partial charge in [-0.05, 0) is 36.9 Å². The van der Waals surface area contributed by atoms with Gasteiger partial charge in [0.1, 0.15) is 0 Å². The van der Waals surface area contributed by atoms with E-state index in [1.165, 1.54) is 11.8 Å². The van der Waals surface area contributed by atoms with E-state index in [1.54, 1.807) is 4.90 Å². The van der Waals surface area contributed by atoms with Crippen molar-refractivity contribution < 1.29 is 9.59 Å². The van der Waals surface area contributed by atoms with Crippen LogP contribution in [0.25, 0.3) is 0 Å². The molecule has 1 heterocycles. The molecular weight excluding hydrogens is 248 g/mol. The van der Waals surface area contributed by atoms with Gasteiger partial charge in [0, 0.05) is 24.3 Å². The number of rotatable bonds is 4. The van der Waals surface area contributed by atoms with Gasteiger partial charge >= 0.3 is 0 Å². The average molecular weight is 264 g/mol. The summed E-state index contributed by atoms with van der Waals surface area (Å²) in [7, 11) is 0. The van der Waals surface area contributed by atoms with Crippen molar-refractivity contribution in [2.45, 2.75) is 12.8 Å². The zero-order valence-corrected chi connectivity index (χ0v) is 11.1. The van der Waals surface area contributed by atoms with Gasteiger partial charge in [0.2, 0.25) is 11.8 Å². The fraction of sp³-hybridized carbons (Fsp3) is 0.385. The molecule has 1 aliphatic rings. The zero-order valence-electron chi connectivity index (χ0n) is 10.3. The van der Waals surface area contributed by atoms with Gasteiger partial charge in [0.25, 0.3) is 0 Å². The number of carbonyl (C=O) groups excluding carboxylic acids is 2. The summed E-state index contributed by atoms with van der Waals surface area (Å²) in [6, 6.07) is 7.41. The van der Waals surface area contributed by atoms with Gasteiger partial charge in [-0.2, -0.15) is 11.8 Å². The van der Waals surface area contributed by atoms with E-state index in [0.29, 0.717) is 12.2 Å². The van der Waals surface area contributed by atoms with E-state index in [-0.39, 0.29) is 11.8 Å². The predicted octanol–water partition coefficient (Wildman–Crippen LogP) is 2.11. The highest BCUT2D eigenvalue weighted by molar-refractivity contribution is 7.99. The number of amides is 2. The molecule has 1 aliphatic heterocycles. The summed E-state index contributed by atoms with van der Waals surface area (Å²) in [5, 5.41) is 2.81. The third-order valence-corrected chi connectivity index (χ3v) is 3.36. The highest BCUT2D eigenvalue weighted by Gasteiger charge is 2.21. The Kier molecular flexibility index (Phi) is 4.25. The van der Waals surface area contributed by atoms with Gasteiger partial charge in [-0.25, -0.2) is 0 Å². The normalized spacial score (nSPS) is 14.9. The van der Waals surface area contributed by atoms with Crippen molar-refractivity contribution in [1.29, 1.82) is 0 Å². The molecule has 0 atom stereocenters. The fourth-order valence-electron chi connectivity index (χ4n) is 1.97. The van der Waals surface area contributed by atoms with E-state index in [9.17, 15) is 9.59 Å². The molecule has 2 amide bonds. The first-order valence-corrected chi connectivity index (χ1v) is 7.29. The van der Waals surface area contributed by atoms with E-state index in [4.69, 9.17) is 0 Å². The summed E-state index contributed by atoms with van der Waals surface area (Å²) in [5.74, 6) is 0.619. The maximum Gasteiger partial charge on any atom is 0.234 e. The van der Waals surface area contributed by atoms with E-state index < -0.39 is 0 Å². The molecule has 4 nitrogen and oxygen atoms in total. The van der Waals surface area contributed by atoms with Crippen LogP contribution in [0.5, 0.6) is 0 Å². The summed E-state index contributed by atoms with van der Waals surface area (Å²) < 4.78 is 0. The van der Waals surface area contributed by atoms with E-state index >= 15 is 0 Å². The number of carbonyl (C=O) groups is 2. The molecule has 18 heavy (non-hydrogen) atoms. The van der Waals surface area contributed by atoms with Crippen molar-refractivity contribution in [2.24, 2.45) is 0 Å². The van der Waals surface area contributed by atoms with E-state index in [2.05, 4.69) is 5.32 Å². The maximum absolute atomic E-state index is 11.6. The summed E-state index contributed by atoms with van der Waals surface area (Å²) in [6.45, 7) is 0.789. The Hall–Kier alpha value is -1.49. The first-order valence-electron chi connectivity index (χ1n) is 5.90. The standard InChI is InChI=1S/C13H16N2O2S/c1-18-9-12(16)14-10-4-6-11(7-5-10)15-8-2-3-13(15)17/h4-7H,2-3,8-9H2,1H3,(H,14,16). The molecule has 0 unspecified atom stereocenters. The van der Waals surface area contributed by atoms with Crippen LogP contribution in [0.15, 0.2) is 24.3 Å². The molecule has 0 aromatic heterocycles. The van der Waals surface area contributed by atoms with Crippen LogP contribution >= 0.6 is 11.8 Å². The number of hydrogen-bond acceptors (Lipinski definition) is 3. The zero-order chi connectivity index (χ0) is 13.0.